The fraction of sp³-hybridized carbons (Fsp3) is 0.529. The van der Waals surface area contributed by atoms with E-state index < -0.39 is 16.8 Å². The number of hydrogen-bond acceptors (Lipinski definition) is 3. The first-order valence-corrected chi connectivity index (χ1v) is 7.41. The molecule has 1 fully saturated rings. The molecule has 1 amide bonds. The van der Waals surface area contributed by atoms with Crippen molar-refractivity contribution in [2.45, 2.75) is 33.6 Å². The molecule has 1 saturated carbocycles. The molecule has 2 N–H and O–H groups in total. The van der Waals surface area contributed by atoms with Crippen LogP contribution in [0.4, 0.5) is 5.69 Å². The highest BCUT2D eigenvalue weighted by molar-refractivity contribution is 5.95. The van der Waals surface area contributed by atoms with Crippen LogP contribution in [0.25, 0.3) is 0 Å². The number of carboxylic acids is 1. The average molecular weight is 305 g/mol. The maximum absolute atomic E-state index is 12.6. The molecule has 120 valence electrons. The Morgan fingerprint density at radius 2 is 1.91 bits per heavy atom. The predicted molar refractivity (Wildman–Crippen MR) is 83.9 cm³/mol. The highest BCUT2D eigenvalue weighted by Crippen LogP contribution is 2.56. The lowest BCUT2D eigenvalue weighted by Gasteiger charge is -2.37. The van der Waals surface area contributed by atoms with E-state index in [2.05, 4.69) is 5.32 Å². The molecule has 2 unspecified atom stereocenters. The first kappa shape index (κ1) is 16.3. The fourth-order valence-electron chi connectivity index (χ4n) is 3.31. The summed E-state index contributed by atoms with van der Waals surface area (Å²) in [4.78, 5) is 24.3. The number of para-hydroxylation sites is 2. The largest absolute Gasteiger partial charge is 0.495 e. The number of hydrogen-bond donors (Lipinski definition) is 2. The number of carboxylic acid groups (broad SMARTS) is 1. The smallest absolute Gasteiger partial charge is 0.309 e. The van der Waals surface area contributed by atoms with Crippen molar-refractivity contribution in [1.29, 1.82) is 0 Å². The van der Waals surface area contributed by atoms with Crippen molar-refractivity contribution < 1.29 is 19.4 Å². The van der Waals surface area contributed by atoms with Gasteiger partial charge in [-0.1, -0.05) is 26.0 Å². The number of carbonyl (C=O) groups is 2. The summed E-state index contributed by atoms with van der Waals surface area (Å²) in [6.45, 7) is 5.45. The normalized spacial score (nSPS) is 26.5. The maximum Gasteiger partial charge on any atom is 0.309 e. The van der Waals surface area contributed by atoms with Gasteiger partial charge in [0.1, 0.15) is 5.75 Å². The number of aliphatic carboxylic acids is 1. The number of rotatable bonds is 4. The SMILES string of the molecule is COc1ccccc1NC(=O)C1CCC(C)(C(=O)O)C1(C)C. The minimum Gasteiger partial charge on any atom is -0.495 e. The van der Waals surface area contributed by atoms with Crippen molar-refractivity contribution >= 4 is 17.6 Å². The predicted octanol–water partition coefficient (Wildman–Crippen LogP) is 3.16. The minimum absolute atomic E-state index is 0.153. The van der Waals surface area contributed by atoms with Gasteiger partial charge in [0.2, 0.25) is 5.91 Å². The molecule has 0 heterocycles. The van der Waals surface area contributed by atoms with Gasteiger partial charge in [0.15, 0.2) is 0 Å². The maximum atomic E-state index is 12.6. The van der Waals surface area contributed by atoms with E-state index in [4.69, 9.17) is 4.74 Å². The lowest BCUT2D eigenvalue weighted by atomic mass is 9.65. The second-order valence-electron chi connectivity index (χ2n) is 6.64. The molecule has 1 aromatic rings. The van der Waals surface area contributed by atoms with Crippen LogP contribution < -0.4 is 10.1 Å². The Labute approximate surface area is 130 Å². The molecule has 5 heteroatoms. The van der Waals surface area contributed by atoms with Crippen molar-refractivity contribution in [2.75, 3.05) is 12.4 Å². The highest BCUT2D eigenvalue weighted by atomic mass is 16.5. The Balaban J connectivity index is 2.22. The molecule has 0 aromatic heterocycles. The Hall–Kier alpha value is -2.04. The molecule has 0 radical (unpaired) electrons. The lowest BCUT2D eigenvalue weighted by molar-refractivity contribution is -0.154. The van der Waals surface area contributed by atoms with Crippen LogP contribution in [0.1, 0.15) is 33.6 Å². The van der Waals surface area contributed by atoms with Gasteiger partial charge in [-0.25, -0.2) is 0 Å². The summed E-state index contributed by atoms with van der Waals surface area (Å²) in [7, 11) is 1.55. The summed E-state index contributed by atoms with van der Waals surface area (Å²) < 4.78 is 5.23. The number of amides is 1. The molecular weight excluding hydrogens is 282 g/mol. The number of anilines is 1. The topological polar surface area (TPSA) is 75.6 Å². The summed E-state index contributed by atoms with van der Waals surface area (Å²) >= 11 is 0. The molecule has 1 aromatic carbocycles. The summed E-state index contributed by atoms with van der Waals surface area (Å²) in [5.41, 5.74) is -0.907. The molecule has 2 rings (SSSR count). The zero-order valence-electron chi connectivity index (χ0n) is 13.5. The van der Waals surface area contributed by atoms with Gasteiger partial charge in [-0.3, -0.25) is 9.59 Å². The molecule has 0 spiro atoms. The zero-order chi connectivity index (χ0) is 16.5. The van der Waals surface area contributed by atoms with Gasteiger partial charge < -0.3 is 15.2 Å². The second-order valence-corrected chi connectivity index (χ2v) is 6.64. The van der Waals surface area contributed by atoms with Crippen LogP contribution in [0.3, 0.4) is 0 Å². The molecule has 1 aliphatic rings. The van der Waals surface area contributed by atoms with E-state index in [1.54, 1.807) is 26.2 Å². The van der Waals surface area contributed by atoms with E-state index in [9.17, 15) is 14.7 Å². The Morgan fingerprint density at radius 1 is 1.27 bits per heavy atom. The number of methoxy groups -OCH3 is 1. The third kappa shape index (κ3) is 2.45. The summed E-state index contributed by atoms with van der Waals surface area (Å²) in [6, 6.07) is 7.20. The Kier molecular flexibility index (Phi) is 4.18. The van der Waals surface area contributed by atoms with Crippen LogP contribution in [-0.4, -0.2) is 24.1 Å². The van der Waals surface area contributed by atoms with Crippen LogP contribution >= 0.6 is 0 Å². The van der Waals surface area contributed by atoms with Gasteiger partial charge in [-0.15, -0.1) is 0 Å². The minimum atomic E-state index is -0.893. The molecule has 0 aliphatic heterocycles. The van der Waals surface area contributed by atoms with Crippen LogP contribution in [0, 0.1) is 16.7 Å². The Bertz CT molecular complexity index is 596. The molecule has 5 nitrogen and oxygen atoms in total. The van der Waals surface area contributed by atoms with Crippen molar-refractivity contribution in [3.05, 3.63) is 24.3 Å². The summed E-state index contributed by atoms with van der Waals surface area (Å²) in [6.07, 6.45) is 1.07. The van der Waals surface area contributed by atoms with E-state index in [1.165, 1.54) is 0 Å². The van der Waals surface area contributed by atoms with Crippen LogP contribution in [0.5, 0.6) is 5.75 Å². The van der Waals surface area contributed by atoms with E-state index in [-0.39, 0.29) is 11.8 Å². The monoisotopic (exact) mass is 305 g/mol. The van der Waals surface area contributed by atoms with Crippen molar-refractivity contribution in [1.82, 2.24) is 0 Å². The van der Waals surface area contributed by atoms with Gasteiger partial charge >= 0.3 is 5.97 Å². The lowest BCUT2D eigenvalue weighted by Crippen LogP contribution is -2.43. The van der Waals surface area contributed by atoms with E-state index in [0.717, 1.165) is 0 Å². The third-order valence-corrected chi connectivity index (χ3v) is 5.38. The first-order chi connectivity index (χ1) is 10.2. The molecule has 1 aliphatic carbocycles. The van der Waals surface area contributed by atoms with E-state index in [0.29, 0.717) is 24.3 Å². The zero-order valence-corrected chi connectivity index (χ0v) is 13.5. The quantitative estimate of drug-likeness (QED) is 0.896. The Morgan fingerprint density at radius 3 is 2.45 bits per heavy atom. The van der Waals surface area contributed by atoms with Gasteiger partial charge in [-0.05, 0) is 37.3 Å². The fourth-order valence-corrected chi connectivity index (χ4v) is 3.31. The van der Waals surface area contributed by atoms with Gasteiger partial charge in [0.25, 0.3) is 0 Å². The van der Waals surface area contributed by atoms with Crippen molar-refractivity contribution in [3.8, 4) is 5.75 Å². The number of nitrogens with one attached hydrogen (secondary N) is 1. The van der Waals surface area contributed by atoms with Gasteiger partial charge in [0.05, 0.1) is 18.2 Å². The standard InChI is InChI=1S/C17H23NO4/c1-16(2)11(9-10-17(16,3)15(20)21)14(19)18-12-7-5-6-8-13(12)22-4/h5-8,11H,9-10H2,1-4H3,(H,18,19)(H,20,21). The summed E-state index contributed by atoms with van der Waals surface area (Å²) in [5.74, 6) is -0.754. The van der Waals surface area contributed by atoms with Crippen LogP contribution in [0.15, 0.2) is 24.3 Å². The number of carbonyl (C=O) groups excluding carboxylic acids is 1. The van der Waals surface area contributed by atoms with Crippen LogP contribution in [-0.2, 0) is 9.59 Å². The number of ether oxygens (including phenoxy) is 1. The van der Waals surface area contributed by atoms with Gasteiger partial charge in [-0.2, -0.15) is 0 Å². The van der Waals surface area contributed by atoms with Crippen molar-refractivity contribution in [2.24, 2.45) is 16.7 Å². The second kappa shape index (κ2) is 5.63. The molecule has 2 atom stereocenters. The first-order valence-electron chi connectivity index (χ1n) is 7.41. The molecule has 0 bridgehead atoms. The van der Waals surface area contributed by atoms with E-state index >= 15 is 0 Å². The van der Waals surface area contributed by atoms with Crippen molar-refractivity contribution in [3.63, 3.8) is 0 Å². The average Bonchev–Trinajstić information content (AvgIpc) is 2.71. The molecule has 22 heavy (non-hydrogen) atoms. The molecular formula is C17H23NO4. The van der Waals surface area contributed by atoms with E-state index in [1.807, 2.05) is 26.0 Å². The van der Waals surface area contributed by atoms with Gasteiger partial charge in [0, 0.05) is 5.92 Å². The van der Waals surface area contributed by atoms with Crippen LogP contribution in [0.2, 0.25) is 0 Å². The highest BCUT2D eigenvalue weighted by Gasteiger charge is 2.58. The number of benzene rings is 1. The third-order valence-electron chi connectivity index (χ3n) is 5.38. The molecule has 0 saturated heterocycles. The summed E-state index contributed by atoms with van der Waals surface area (Å²) in [5, 5.41) is 12.4.